The van der Waals surface area contributed by atoms with Crippen LogP contribution in [0.15, 0.2) is 65.6 Å². The molecule has 3 aromatic rings. The van der Waals surface area contributed by atoms with E-state index >= 15 is 0 Å². The van der Waals surface area contributed by atoms with Crippen LogP contribution in [-0.4, -0.2) is 33.8 Å². The Balaban J connectivity index is 1.70. The van der Waals surface area contributed by atoms with E-state index in [1.807, 2.05) is 6.92 Å². The first-order valence-electron chi connectivity index (χ1n) is 11.2. The van der Waals surface area contributed by atoms with Crippen molar-refractivity contribution in [1.29, 1.82) is 0 Å². The predicted octanol–water partition coefficient (Wildman–Crippen LogP) is 4.58. The number of hydrogen-bond donors (Lipinski definition) is 2. The van der Waals surface area contributed by atoms with Gasteiger partial charge < -0.3 is 10.6 Å². The summed E-state index contributed by atoms with van der Waals surface area (Å²) in [4.78, 5) is 26.1. The molecule has 0 saturated heterocycles. The second kappa shape index (κ2) is 9.30. The minimum Gasteiger partial charge on any atom is -0.352 e. The highest BCUT2D eigenvalue weighted by Gasteiger charge is 2.34. The van der Waals surface area contributed by atoms with E-state index in [1.165, 1.54) is 11.4 Å². The third-order valence-electron chi connectivity index (χ3n) is 5.93. The van der Waals surface area contributed by atoms with Gasteiger partial charge in [0.25, 0.3) is 21.8 Å². The van der Waals surface area contributed by atoms with E-state index in [9.17, 15) is 18.0 Å². The second-order valence-electron chi connectivity index (χ2n) is 8.27. The van der Waals surface area contributed by atoms with Gasteiger partial charge in [-0.05, 0) is 49.2 Å². The van der Waals surface area contributed by atoms with E-state index < -0.39 is 10.0 Å². The molecule has 0 unspecified atom stereocenters. The van der Waals surface area contributed by atoms with Crippen molar-refractivity contribution in [3.63, 3.8) is 0 Å². The number of aryl methyl sites for hydroxylation is 1. The average Bonchev–Trinajstić information content (AvgIpc) is 2.82. The molecule has 4 rings (SSSR count). The number of nitrogens with zero attached hydrogens (tertiary/aromatic N) is 1. The van der Waals surface area contributed by atoms with Gasteiger partial charge in [0.15, 0.2) is 0 Å². The van der Waals surface area contributed by atoms with Gasteiger partial charge in [0.2, 0.25) is 0 Å². The van der Waals surface area contributed by atoms with Crippen LogP contribution in [0.5, 0.6) is 0 Å². The van der Waals surface area contributed by atoms with Crippen LogP contribution >= 0.6 is 0 Å². The smallest absolute Gasteiger partial charge is 0.264 e. The van der Waals surface area contributed by atoms with Crippen molar-refractivity contribution in [2.24, 2.45) is 0 Å². The van der Waals surface area contributed by atoms with Crippen LogP contribution in [0.1, 0.15) is 46.0 Å². The van der Waals surface area contributed by atoms with Crippen LogP contribution < -0.4 is 14.9 Å². The monoisotopic (exact) mass is 477 g/mol. The number of nitrogens with one attached hydrogen (secondary N) is 2. The molecule has 0 radical (unpaired) electrons. The van der Waals surface area contributed by atoms with Gasteiger partial charge in [-0.3, -0.25) is 13.9 Å². The molecule has 3 aromatic carbocycles. The van der Waals surface area contributed by atoms with Crippen molar-refractivity contribution >= 4 is 33.2 Å². The zero-order valence-corrected chi connectivity index (χ0v) is 20.2. The molecule has 8 heteroatoms. The molecule has 0 aromatic heterocycles. The number of fused-ring (bicyclic) bond motifs is 3. The highest BCUT2D eigenvalue weighted by molar-refractivity contribution is 7.93. The number of carbonyl (C=O) groups is 2. The number of sulfonamides is 1. The van der Waals surface area contributed by atoms with Crippen LogP contribution in [-0.2, 0) is 10.0 Å². The first kappa shape index (κ1) is 23.5. The Morgan fingerprint density at radius 1 is 0.941 bits per heavy atom. The lowest BCUT2D eigenvalue weighted by molar-refractivity contribution is 0.0954. The summed E-state index contributed by atoms with van der Waals surface area (Å²) in [5.41, 5.74) is 3.61. The number of anilines is 2. The van der Waals surface area contributed by atoms with Gasteiger partial charge in [0.1, 0.15) is 0 Å². The molecule has 2 amide bonds. The molecule has 34 heavy (non-hydrogen) atoms. The number of carbonyl (C=O) groups excluding carboxylic acids is 2. The molecule has 7 nitrogen and oxygen atoms in total. The molecular formula is C26H27N3O4S. The molecular weight excluding hydrogens is 450 g/mol. The maximum absolute atomic E-state index is 13.2. The Morgan fingerprint density at radius 2 is 1.65 bits per heavy atom. The highest BCUT2D eigenvalue weighted by Crippen LogP contribution is 2.44. The van der Waals surface area contributed by atoms with Gasteiger partial charge in [-0.25, -0.2) is 8.42 Å². The van der Waals surface area contributed by atoms with Crippen molar-refractivity contribution in [1.82, 2.24) is 5.32 Å². The number of hydrogen-bond acceptors (Lipinski definition) is 4. The fourth-order valence-electron chi connectivity index (χ4n) is 4.17. The lowest BCUT2D eigenvalue weighted by Crippen LogP contribution is -2.31. The van der Waals surface area contributed by atoms with Crippen molar-refractivity contribution in [2.45, 2.75) is 31.6 Å². The summed E-state index contributed by atoms with van der Waals surface area (Å²) < 4.78 is 27.2. The molecule has 2 N–H and O–H groups in total. The molecule has 1 heterocycles. The van der Waals surface area contributed by atoms with Crippen LogP contribution in [0.4, 0.5) is 11.4 Å². The molecule has 0 bridgehead atoms. The molecule has 1 aliphatic heterocycles. The van der Waals surface area contributed by atoms with Gasteiger partial charge in [0, 0.05) is 30.3 Å². The minimum atomic E-state index is -3.67. The Labute approximate surface area is 199 Å². The van der Waals surface area contributed by atoms with E-state index in [1.54, 1.807) is 67.6 Å². The summed E-state index contributed by atoms with van der Waals surface area (Å²) in [6.07, 6.45) is 1.84. The van der Waals surface area contributed by atoms with Crippen LogP contribution in [0, 0.1) is 6.92 Å². The third-order valence-corrected chi connectivity index (χ3v) is 7.74. The summed E-state index contributed by atoms with van der Waals surface area (Å²) in [7, 11) is -2.16. The Kier molecular flexibility index (Phi) is 6.43. The second-order valence-corrected chi connectivity index (χ2v) is 10.2. The molecule has 1 aliphatic rings. The molecule has 0 saturated carbocycles. The van der Waals surface area contributed by atoms with Gasteiger partial charge >= 0.3 is 0 Å². The van der Waals surface area contributed by atoms with Crippen LogP contribution in [0.25, 0.3) is 11.1 Å². The third kappa shape index (κ3) is 4.17. The Hall–Kier alpha value is -3.65. The maximum atomic E-state index is 13.2. The van der Waals surface area contributed by atoms with Crippen molar-refractivity contribution < 1.29 is 18.0 Å². The molecule has 0 spiro atoms. The first-order valence-corrected chi connectivity index (χ1v) is 12.6. The predicted molar refractivity (Wildman–Crippen MR) is 134 cm³/mol. The maximum Gasteiger partial charge on any atom is 0.264 e. The standard InChI is InChI=1S/C26H27N3O4S/c1-4-5-14-27-26(31)20-11-6-8-12-22(20)28-25(30)18-15-17(2)24-21(16-18)19-10-7-9-13-23(19)34(32,33)29(24)3/h6-13,15-16H,4-5,14H2,1-3H3,(H,27,31)(H,28,30). The summed E-state index contributed by atoms with van der Waals surface area (Å²) in [6.45, 7) is 4.40. The fraction of sp³-hybridized carbons (Fsp3) is 0.231. The number of rotatable bonds is 6. The van der Waals surface area contributed by atoms with Crippen LogP contribution in [0.2, 0.25) is 0 Å². The Bertz CT molecular complexity index is 1380. The fourth-order valence-corrected chi connectivity index (χ4v) is 5.66. The van der Waals surface area contributed by atoms with Gasteiger partial charge in [-0.15, -0.1) is 0 Å². The normalized spacial score (nSPS) is 13.6. The minimum absolute atomic E-state index is 0.205. The number of unbranched alkanes of at least 4 members (excludes halogenated alkanes) is 1. The lowest BCUT2D eigenvalue weighted by atomic mass is 9.96. The summed E-state index contributed by atoms with van der Waals surface area (Å²) >= 11 is 0. The highest BCUT2D eigenvalue weighted by atomic mass is 32.2. The topological polar surface area (TPSA) is 95.6 Å². The number of benzene rings is 3. The van der Waals surface area contributed by atoms with Gasteiger partial charge in [0.05, 0.1) is 21.8 Å². The largest absolute Gasteiger partial charge is 0.352 e. The summed E-state index contributed by atoms with van der Waals surface area (Å²) in [5, 5.41) is 5.73. The van der Waals surface area contributed by atoms with Crippen molar-refractivity contribution in [3.05, 3.63) is 77.4 Å². The SMILES string of the molecule is CCCCNC(=O)c1ccccc1NC(=O)c1cc(C)c2c(c1)-c1ccccc1S(=O)(=O)N2C. The molecule has 0 fully saturated rings. The van der Waals surface area contributed by atoms with Gasteiger partial charge in [-0.2, -0.15) is 0 Å². The lowest BCUT2D eigenvalue weighted by Gasteiger charge is -2.31. The van der Waals surface area contributed by atoms with E-state index in [-0.39, 0.29) is 16.7 Å². The zero-order valence-electron chi connectivity index (χ0n) is 19.4. The van der Waals surface area contributed by atoms with Gasteiger partial charge in [-0.1, -0.05) is 43.7 Å². The van der Waals surface area contributed by atoms with E-state index in [2.05, 4.69) is 10.6 Å². The van der Waals surface area contributed by atoms with Crippen LogP contribution in [0.3, 0.4) is 0 Å². The zero-order chi connectivity index (χ0) is 24.5. The average molecular weight is 478 g/mol. The van der Waals surface area contributed by atoms with Crippen molar-refractivity contribution in [3.8, 4) is 11.1 Å². The number of amides is 2. The Morgan fingerprint density at radius 3 is 2.41 bits per heavy atom. The molecule has 0 atom stereocenters. The number of para-hydroxylation sites is 1. The molecule has 0 aliphatic carbocycles. The summed E-state index contributed by atoms with van der Waals surface area (Å²) in [5.74, 6) is -0.625. The van der Waals surface area contributed by atoms with Crippen molar-refractivity contribution in [2.75, 3.05) is 23.2 Å². The first-order chi connectivity index (χ1) is 16.3. The quantitative estimate of drug-likeness (QED) is 0.508. The molecule has 176 valence electrons. The summed E-state index contributed by atoms with van der Waals surface area (Å²) in [6, 6.07) is 17.0. The van der Waals surface area contributed by atoms with E-state index in [4.69, 9.17) is 0 Å². The van der Waals surface area contributed by atoms with E-state index in [0.717, 1.165) is 12.8 Å². The van der Waals surface area contributed by atoms with E-state index in [0.29, 0.717) is 45.7 Å².